The number of amides is 3. The highest BCUT2D eigenvalue weighted by Crippen LogP contribution is 2.35. The molecular weight excluding hydrogens is 398 g/mol. The van der Waals surface area contributed by atoms with Gasteiger partial charge in [-0.25, -0.2) is 4.79 Å². The SMILES string of the molecule is CCOc1ccccc1CN1CCC([C@]2(C)NC(=O)N(Cc3ccsc3)C2=O)CC1. The highest BCUT2D eigenvalue weighted by Gasteiger charge is 2.52. The summed E-state index contributed by atoms with van der Waals surface area (Å²) in [5.41, 5.74) is 1.37. The van der Waals surface area contributed by atoms with Gasteiger partial charge in [-0.05, 0) is 74.2 Å². The number of likely N-dealkylation sites (tertiary alicyclic amines) is 1. The molecule has 2 aromatic rings. The maximum Gasteiger partial charge on any atom is 0.325 e. The number of rotatable bonds is 7. The second-order valence-corrected chi connectivity index (χ2v) is 9.03. The van der Waals surface area contributed by atoms with Crippen molar-refractivity contribution in [3.8, 4) is 5.75 Å². The number of imide groups is 1. The zero-order valence-electron chi connectivity index (χ0n) is 17.6. The summed E-state index contributed by atoms with van der Waals surface area (Å²) in [6.07, 6.45) is 1.76. The van der Waals surface area contributed by atoms with E-state index in [2.05, 4.69) is 16.3 Å². The van der Waals surface area contributed by atoms with E-state index in [9.17, 15) is 9.59 Å². The molecule has 160 valence electrons. The molecule has 2 aliphatic heterocycles. The Bertz CT molecular complexity index is 893. The maximum atomic E-state index is 13.2. The summed E-state index contributed by atoms with van der Waals surface area (Å²) in [6, 6.07) is 9.85. The smallest absolute Gasteiger partial charge is 0.325 e. The van der Waals surface area contributed by atoms with Gasteiger partial charge in [0.1, 0.15) is 11.3 Å². The normalized spacial score (nSPS) is 23.1. The number of hydrogen-bond donors (Lipinski definition) is 1. The van der Waals surface area contributed by atoms with Gasteiger partial charge in [0.05, 0.1) is 13.2 Å². The van der Waals surface area contributed by atoms with E-state index in [0.29, 0.717) is 13.2 Å². The molecule has 1 aromatic carbocycles. The van der Waals surface area contributed by atoms with Crippen LogP contribution >= 0.6 is 11.3 Å². The standard InChI is InChI=1S/C23H29N3O3S/c1-3-29-20-7-5-4-6-18(20)15-25-11-8-19(9-12-25)23(2)21(27)26(22(28)24-23)14-17-10-13-30-16-17/h4-7,10,13,16,19H,3,8-9,11-12,14-15H2,1-2H3,(H,24,28)/t23-/m0/s1. The number of carbonyl (C=O) groups excluding carboxylic acids is 2. The minimum Gasteiger partial charge on any atom is -0.494 e. The summed E-state index contributed by atoms with van der Waals surface area (Å²) in [4.78, 5) is 29.5. The Morgan fingerprint density at radius 1 is 1.17 bits per heavy atom. The Morgan fingerprint density at radius 3 is 2.63 bits per heavy atom. The molecule has 4 rings (SSSR count). The lowest BCUT2D eigenvalue weighted by Gasteiger charge is -2.39. The Kier molecular flexibility index (Phi) is 6.11. The summed E-state index contributed by atoms with van der Waals surface area (Å²) in [7, 11) is 0. The summed E-state index contributed by atoms with van der Waals surface area (Å²) in [5.74, 6) is 0.982. The van der Waals surface area contributed by atoms with Gasteiger partial charge in [-0.3, -0.25) is 14.6 Å². The number of nitrogens with one attached hydrogen (secondary N) is 1. The second kappa shape index (κ2) is 8.78. The first kappa shape index (κ1) is 20.9. The molecule has 3 amide bonds. The van der Waals surface area contributed by atoms with Crippen molar-refractivity contribution in [3.05, 3.63) is 52.2 Å². The minimum absolute atomic E-state index is 0.0983. The van der Waals surface area contributed by atoms with Crippen LogP contribution in [-0.2, 0) is 17.9 Å². The first-order chi connectivity index (χ1) is 14.5. The summed E-state index contributed by atoms with van der Waals surface area (Å²) < 4.78 is 5.75. The Morgan fingerprint density at radius 2 is 1.93 bits per heavy atom. The minimum atomic E-state index is -0.817. The van der Waals surface area contributed by atoms with Gasteiger partial charge in [-0.1, -0.05) is 18.2 Å². The van der Waals surface area contributed by atoms with Crippen LogP contribution in [0, 0.1) is 5.92 Å². The van der Waals surface area contributed by atoms with Crippen LogP contribution in [0.15, 0.2) is 41.1 Å². The van der Waals surface area contributed by atoms with Crippen LogP contribution < -0.4 is 10.1 Å². The van der Waals surface area contributed by atoms with Gasteiger partial charge >= 0.3 is 6.03 Å². The topological polar surface area (TPSA) is 61.9 Å². The zero-order valence-corrected chi connectivity index (χ0v) is 18.4. The molecule has 0 spiro atoms. The molecule has 1 atom stereocenters. The Hall–Kier alpha value is -2.38. The van der Waals surface area contributed by atoms with E-state index < -0.39 is 5.54 Å². The van der Waals surface area contributed by atoms with Crippen molar-refractivity contribution in [1.82, 2.24) is 15.1 Å². The molecule has 0 bridgehead atoms. The molecule has 7 heteroatoms. The summed E-state index contributed by atoms with van der Waals surface area (Å²) >= 11 is 1.57. The number of piperidine rings is 1. The number of thiophene rings is 1. The first-order valence-corrected chi connectivity index (χ1v) is 11.5. The van der Waals surface area contributed by atoms with E-state index in [1.54, 1.807) is 11.3 Å². The highest BCUT2D eigenvalue weighted by atomic mass is 32.1. The van der Waals surface area contributed by atoms with Crippen molar-refractivity contribution in [3.63, 3.8) is 0 Å². The van der Waals surface area contributed by atoms with E-state index >= 15 is 0 Å². The number of ether oxygens (including phenoxy) is 1. The van der Waals surface area contributed by atoms with E-state index in [1.807, 2.05) is 48.9 Å². The van der Waals surface area contributed by atoms with Gasteiger partial charge < -0.3 is 10.1 Å². The summed E-state index contributed by atoms with van der Waals surface area (Å²) in [5, 5.41) is 6.95. The van der Waals surface area contributed by atoms with Gasteiger partial charge in [0, 0.05) is 12.1 Å². The third kappa shape index (κ3) is 4.09. The molecule has 3 heterocycles. The van der Waals surface area contributed by atoms with Crippen molar-refractivity contribution in [2.24, 2.45) is 5.92 Å². The van der Waals surface area contributed by atoms with Gasteiger partial charge in [0.2, 0.25) is 0 Å². The quantitative estimate of drug-likeness (QED) is 0.682. The van der Waals surface area contributed by atoms with Crippen molar-refractivity contribution >= 4 is 23.3 Å². The molecule has 0 radical (unpaired) electrons. The third-order valence-corrected chi connectivity index (χ3v) is 7.02. The summed E-state index contributed by atoms with van der Waals surface area (Å²) in [6.45, 7) is 7.52. The van der Waals surface area contributed by atoms with Crippen LogP contribution in [0.5, 0.6) is 5.75 Å². The average Bonchev–Trinajstić information content (AvgIpc) is 3.33. The molecule has 30 heavy (non-hydrogen) atoms. The number of urea groups is 1. The molecule has 0 unspecified atom stereocenters. The zero-order chi connectivity index (χ0) is 21.1. The van der Waals surface area contributed by atoms with Crippen LogP contribution in [-0.4, -0.2) is 47.0 Å². The Balaban J connectivity index is 1.38. The second-order valence-electron chi connectivity index (χ2n) is 8.25. The molecule has 1 N–H and O–H groups in total. The van der Waals surface area contributed by atoms with Crippen LogP contribution in [0.3, 0.4) is 0 Å². The molecule has 0 saturated carbocycles. The van der Waals surface area contributed by atoms with Crippen molar-refractivity contribution in [1.29, 1.82) is 0 Å². The molecule has 2 aliphatic rings. The number of nitrogens with zero attached hydrogens (tertiary/aromatic N) is 2. The number of carbonyl (C=O) groups is 2. The first-order valence-electron chi connectivity index (χ1n) is 10.6. The number of benzene rings is 1. The van der Waals surface area contributed by atoms with Crippen molar-refractivity contribution in [2.75, 3.05) is 19.7 Å². The highest BCUT2D eigenvalue weighted by molar-refractivity contribution is 7.07. The molecule has 0 aliphatic carbocycles. The van der Waals surface area contributed by atoms with Crippen LogP contribution in [0.2, 0.25) is 0 Å². The molecule has 1 aromatic heterocycles. The lowest BCUT2D eigenvalue weighted by Crippen LogP contribution is -2.53. The molecular formula is C23H29N3O3S. The van der Waals surface area contributed by atoms with Gasteiger partial charge in [0.25, 0.3) is 5.91 Å². The number of para-hydroxylation sites is 1. The third-order valence-electron chi connectivity index (χ3n) is 6.29. The van der Waals surface area contributed by atoms with E-state index in [-0.39, 0.29) is 17.9 Å². The van der Waals surface area contributed by atoms with Crippen molar-refractivity contribution < 1.29 is 14.3 Å². The van der Waals surface area contributed by atoms with Gasteiger partial charge in [0.15, 0.2) is 0 Å². The maximum absolute atomic E-state index is 13.2. The van der Waals surface area contributed by atoms with E-state index in [4.69, 9.17) is 4.74 Å². The lowest BCUT2D eigenvalue weighted by molar-refractivity contribution is -0.133. The molecule has 2 fully saturated rings. The Labute approximate surface area is 181 Å². The fraction of sp³-hybridized carbons (Fsp3) is 0.478. The fourth-order valence-electron chi connectivity index (χ4n) is 4.54. The lowest BCUT2D eigenvalue weighted by atomic mass is 9.79. The predicted octanol–water partition coefficient (Wildman–Crippen LogP) is 3.87. The average molecular weight is 428 g/mol. The predicted molar refractivity (Wildman–Crippen MR) is 117 cm³/mol. The van der Waals surface area contributed by atoms with E-state index in [1.165, 1.54) is 10.5 Å². The monoisotopic (exact) mass is 427 g/mol. The fourth-order valence-corrected chi connectivity index (χ4v) is 5.20. The molecule has 6 nitrogen and oxygen atoms in total. The van der Waals surface area contributed by atoms with E-state index in [0.717, 1.165) is 43.8 Å². The van der Waals surface area contributed by atoms with Crippen LogP contribution in [0.25, 0.3) is 0 Å². The van der Waals surface area contributed by atoms with Crippen molar-refractivity contribution in [2.45, 2.75) is 45.3 Å². The largest absolute Gasteiger partial charge is 0.494 e. The van der Waals surface area contributed by atoms with Gasteiger partial charge in [-0.2, -0.15) is 11.3 Å². The number of hydrogen-bond acceptors (Lipinski definition) is 5. The van der Waals surface area contributed by atoms with Crippen LogP contribution in [0.4, 0.5) is 4.79 Å². The molecule has 2 saturated heterocycles. The van der Waals surface area contributed by atoms with Gasteiger partial charge in [-0.15, -0.1) is 0 Å². The van der Waals surface area contributed by atoms with Crippen LogP contribution in [0.1, 0.15) is 37.8 Å².